The number of nitrogens with zero attached hydrogens (tertiary/aromatic N) is 2. The van der Waals surface area contributed by atoms with E-state index >= 15 is 0 Å². The number of anilines is 1. The molecule has 1 N–H and O–H groups in total. The Bertz CT molecular complexity index is 627. The fourth-order valence-electron chi connectivity index (χ4n) is 1.67. The topological polar surface area (TPSA) is 68.0 Å². The molecule has 1 heterocycles. The lowest BCUT2D eigenvalue weighted by atomic mass is 10.1. The molecule has 100 valence electrons. The number of halogens is 1. The zero-order valence-corrected chi connectivity index (χ0v) is 13.1. The Labute approximate surface area is 123 Å². The third-order valence-corrected chi connectivity index (χ3v) is 4.41. The first kappa shape index (κ1) is 14.1. The molecule has 0 aliphatic rings. The van der Waals surface area contributed by atoms with Crippen LogP contribution in [0.2, 0.25) is 0 Å². The SMILES string of the molecule is CSc1c(Br)ccc(C(=O)Nc2nnc(C)o2)c1C. The number of benzene rings is 1. The molecule has 0 fully saturated rings. The van der Waals surface area contributed by atoms with Gasteiger partial charge in [0.05, 0.1) is 0 Å². The molecular formula is C12H12BrN3O2S. The fraction of sp³-hybridized carbons (Fsp3) is 0.250. The normalized spacial score (nSPS) is 10.5. The van der Waals surface area contributed by atoms with Crippen LogP contribution < -0.4 is 5.32 Å². The second-order valence-corrected chi connectivity index (χ2v) is 5.50. The lowest BCUT2D eigenvalue weighted by Crippen LogP contribution is -2.14. The molecule has 1 aromatic heterocycles. The predicted molar refractivity (Wildman–Crippen MR) is 77.6 cm³/mol. The van der Waals surface area contributed by atoms with Crippen LogP contribution in [0.4, 0.5) is 6.01 Å². The first-order chi connectivity index (χ1) is 9.02. The summed E-state index contributed by atoms with van der Waals surface area (Å²) in [6.45, 7) is 3.57. The van der Waals surface area contributed by atoms with Gasteiger partial charge in [0.25, 0.3) is 5.91 Å². The lowest BCUT2D eigenvalue weighted by molar-refractivity contribution is 0.102. The number of aromatic nitrogens is 2. The monoisotopic (exact) mass is 341 g/mol. The summed E-state index contributed by atoms with van der Waals surface area (Å²) in [4.78, 5) is 13.2. The summed E-state index contributed by atoms with van der Waals surface area (Å²) < 4.78 is 6.10. The van der Waals surface area contributed by atoms with Crippen molar-refractivity contribution in [2.45, 2.75) is 18.7 Å². The third-order valence-electron chi connectivity index (χ3n) is 2.55. The number of amides is 1. The van der Waals surface area contributed by atoms with E-state index in [0.717, 1.165) is 14.9 Å². The van der Waals surface area contributed by atoms with Crippen molar-refractivity contribution in [1.82, 2.24) is 10.2 Å². The molecule has 0 spiro atoms. The summed E-state index contributed by atoms with van der Waals surface area (Å²) in [6, 6.07) is 3.72. The predicted octanol–water partition coefficient (Wildman–Crippen LogP) is 3.42. The average molecular weight is 342 g/mol. The van der Waals surface area contributed by atoms with E-state index in [1.165, 1.54) is 0 Å². The standard InChI is InChI=1S/C12H12BrN3O2S/c1-6-8(4-5-9(13)10(6)19-3)11(17)14-12-16-15-7(2)18-12/h4-5H,1-3H3,(H,14,16,17). The molecule has 0 unspecified atom stereocenters. The van der Waals surface area contributed by atoms with Gasteiger partial charge in [0, 0.05) is 21.9 Å². The van der Waals surface area contributed by atoms with Crippen LogP contribution in [0, 0.1) is 13.8 Å². The van der Waals surface area contributed by atoms with Gasteiger partial charge < -0.3 is 4.42 Å². The first-order valence-electron chi connectivity index (χ1n) is 5.47. The van der Waals surface area contributed by atoms with Crippen molar-refractivity contribution in [2.75, 3.05) is 11.6 Å². The van der Waals surface area contributed by atoms with E-state index < -0.39 is 0 Å². The van der Waals surface area contributed by atoms with Crippen molar-refractivity contribution in [2.24, 2.45) is 0 Å². The summed E-state index contributed by atoms with van der Waals surface area (Å²) in [5.41, 5.74) is 1.50. The molecule has 7 heteroatoms. The first-order valence-corrected chi connectivity index (χ1v) is 7.49. The van der Waals surface area contributed by atoms with Crippen molar-refractivity contribution < 1.29 is 9.21 Å². The summed E-state index contributed by atoms with van der Waals surface area (Å²) in [5, 5.41) is 9.99. The number of thioether (sulfide) groups is 1. The Morgan fingerprint density at radius 1 is 1.37 bits per heavy atom. The minimum absolute atomic E-state index is 0.107. The Morgan fingerprint density at radius 2 is 2.11 bits per heavy atom. The number of rotatable bonds is 3. The maximum Gasteiger partial charge on any atom is 0.322 e. The van der Waals surface area contributed by atoms with E-state index in [0.29, 0.717) is 11.5 Å². The fourth-order valence-corrected chi connectivity index (χ4v) is 3.26. The van der Waals surface area contributed by atoms with Crippen molar-refractivity contribution in [3.8, 4) is 0 Å². The van der Waals surface area contributed by atoms with Crippen LogP contribution in [0.15, 0.2) is 25.9 Å². The van der Waals surface area contributed by atoms with Crippen LogP contribution in [-0.2, 0) is 0 Å². The van der Waals surface area contributed by atoms with E-state index in [-0.39, 0.29) is 11.9 Å². The van der Waals surface area contributed by atoms with E-state index in [4.69, 9.17) is 4.42 Å². The number of hydrogen-bond donors (Lipinski definition) is 1. The number of nitrogens with one attached hydrogen (secondary N) is 1. The van der Waals surface area contributed by atoms with Crippen molar-refractivity contribution in [1.29, 1.82) is 0 Å². The zero-order valence-electron chi connectivity index (χ0n) is 10.7. The molecule has 0 aliphatic heterocycles. The average Bonchev–Trinajstić information content (AvgIpc) is 2.75. The number of aryl methyl sites for hydroxylation is 1. The van der Waals surface area contributed by atoms with Crippen molar-refractivity contribution in [3.63, 3.8) is 0 Å². The van der Waals surface area contributed by atoms with Gasteiger partial charge in [-0.2, -0.15) is 0 Å². The van der Waals surface area contributed by atoms with Crippen LogP contribution in [0.3, 0.4) is 0 Å². The maximum atomic E-state index is 12.2. The quantitative estimate of drug-likeness (QED) is 0.866. The highest BCUT2D eigenvalue weighted by atomic mass is 79.9. The maximum absolute atomic E-state index is 12.2. The largest absolute Gasteiger partial charge is 0.408 e. The van der Waals surface area contributed by atoms with E-state index in [1.807, 2.05) is 19.2 Å². The van der Waals surface area contributed by atoms with Crippen LogP contribution in [0.1, 0.15) is 21.8 Å². The smallest absolute Gasteiger partial charge is 0.322 e. The van der Waals surface area contributed by atoms with E-state index in [1.54, 1.807) is 24.8 Å². The van der Waals surface area contributed by atoms with Crippen molar-refractivity contribution in [3.05, 3.63) is 33.6 Å². The van der Waals surface area contributed by atoms with Gasteiger partial charge >= 0.3 is 6.01 Å². The van der Waals surface area contributed by atoms with Gasteiger partial charge in [0.15, 0.2) is 0 Å². The highest BCUT2D eigenvalue weighted by Gasteiger charge is 2.16. The second-order valence-electron chi connectivity index (χ2n) is 3.83. The van der Waals surface area contributed by atoms with Gasteiger partial charge in [0.2, 0.25) is 5.89 Å². The summed E-state index contributed by atoms with van der Waals surface area (Å²) in [7, 11) is 0. The Morgan fingerprint density at radius 3 is 2.68 bits per heavy atom. The highest BCUT2D eigenvalue weighted by molar-refractivity contribution is 9.10. The molecule has 1 aromatic carbocycles. The summed E-state index contributed by atoms with van der Waals surface area (Å²) in [5.74, 6) is 0.150. The minimum atomic E-state index is -0.260. The lowest BCUT2D eigenvalue weighted by Gasteiger charge is -2.10. The highest BCUT2D eigenvalue weighted by Crippen LogP contribution is 2.31. The minimum Gasteiger partial charge on any atom is -0.408 e. The number of carbonyl (C=O) groups excluding carboxylic acids is 1. The van der Waals surface area contributed by atoms with Gasteiger partial charge in [-0.25, -0.2) is 0 Å². The molecule has 0 saturated carbocycles. The second kappa shape index (κ2) is 5.75. The Balaban J connectivity index is 2.29. The summed E-state index contributed by atoms with van der Waals surface area (Å²) in [6.07, 6.45) is 1.97. The molecule has 0 saturated heterocycles. The van der Waals surface area contributed by atoms with E-state index in [9.17, 15) is 4.79 Å². The van der Waals surface area contributed by atoms with Gasteiger partial charge in [0.1, 0.15) is 0 Å². The molecular weight excluding hydrogens is 330 g/mol. The van der Waals surface area contributed by atoms with Crippen LogP contribution in [0.25, 0.3) is 0 Å². The Hall–Kier alpha value is -1.34. The van der Waals surface area contributed by atoms with Gasteiger partial charge in [-0.1, -0.05) is 5.10 Å². The van der Waals surface area contributed by atoms with E-state index in [2.05, 4.69) is 31.4 Å². The number of hydrogen-bond acceptors (Lipinski definition) is 5. The van der Waals surface area contributed by atoms with Gasteiger partial charge in [-0.15, -0.1) is 16.9 Å². The molecule has 0 radical (unpaired) electrons. The molecule has 2 rings (SSSR count). The van der Waals surface area contributed by atoms with Gasteiger partial charge in [-0.05, 0) is 46.8 Å². The third kappa shape index (κ3) is 2.98. The molecule has 19 heavy (non-hydrogen) atoms. The molecule has 0 atom stereocenters. The number of carbonyl (C=O) groups is 1. The Kier molecular flexibility index (Phi) is 4.26. The van der Waals surface area contributed by atoms with Crippen LogP contribution in [0.5, 0.6) is 0 Å². The summed E-state index contributed by atoms with van der Waals surface area (Å²) >= 11 is 5.05. The van der Waals surface area contributed by atoms with Crippen LogP contribution >= 0.6 is 27.7 Å². The van der Waals surface area contributed by atoms with Gasteiger partial charge in [-0.3, -0.25) is 10.1 Å². The zero-order chi connectivity index (χ0) is 14.0. The molecule has 1 amide bonds. The molecule has 5 nitrogen and oxygen atoms in total. The van der Waals surface area contributed by atoms with Crippen molar-refractivity contribution >= 4 is 39.6 Å². The van der Waals surface area contributed by atoms with Crippen LogP contribution in [-0.4, -0.2) is 22.4 Å². The molecule has 0 bridgehead atoms. The molecule has 0 aliphatic carbocycles. The molecule has 2 aromatic rings.